The number of rotatable bonds is 4. The fraction of sp³-hybridized carbons (Fsp3) is 0.200. The van der Waals surface area contributed by atoms with Crippen LogP contribution in [0.1, 0.15) is 17.0 Å². The van der Waals surface area contributed by atoms with Crippen molar-refractivity contribution in [2.45, 2.75) is 12.5 Å². The summed E-state index contributed by atoms with van der Waals surface area (Å²) in [5, 5.41) is 11.0. The van der Waals surface area contributed by atoms with Gasteiger partial charge in [-0.1, -0.05) is 0 Å². The first-order chi connectivity index (χ1) is 7.54. The first kappa shape index (κ1) is 12.3. The molecule has 2 N–H and O–H groups in total. The number of aliphatic carboxylic acids is 1. The van der Waals surface area contributed by atoms with Crippen molar-refractivity contribution in [1.29, 1.82) is 0 Å². The minimum Gasteiger partial charge on any atom is -0.480 e. The van der Waals surface area contributed by atoms with Crippen LogP contribution in [0, 0.1) is 12.3 Å². The van der Waals surface area contributed by atoms with Gasteiger partial charge in [0.05, 0.1) is 0 Å². The highest BCUT2D eigenvalue weighted by atomic mass is 79.9. The van der Waals surface area contributed by atoms with Gasteiger partial charge in [-0.05, 0) is 28.1 Å². The van der Waals surface area contributed by atoms with Crippen LogP contribution in [0.15, 0.2) is 21.2 Å². The molecule has 0 aliphatic carbocycles. The minimum atomic E-state index is -1.18. The molecule has 0 radical (unpaired) electrons. The summed E-state index contributed by atoms with van der Waals surface area (Å²) in [6.07, 6.45) is 4.91. The van der Waals surface area contributed by atoms with Gasteiger partial charge in [-0.15, -0.1) is 12.3 Å². The molecule has 0 saturated carbocycles. The molecule has 1 aromatic rings. The van der Waals surface area contributed by atoms with E-state index in [0.717, 1.165) is 0 Å². The Bertz CT molecular complexity index is 446. The third-order valence-electron chi connectivity index (χ3n) is 1.72. The van der Waals surface area contributed by atoms with Crippen LogP contribution < -0.4 is 5.32 Å². The Morgan fingerprint density at radius 2 is 2.31 bits per heavy atom. The van der Waals surface area contributed by atoms with Crippen molar-refractivity contribution in [3.8, 4) is 12.3 Å². The fourth-order valence-electron chi connectivity index (χ4n) is 0.984. The number of halogens is 1. The molecule has 16 heavy (non-hydrogen) atoms. The van der Waals surface area contributed by atoms with Gasteiger partial charge in [0.2, 0.25) is 0 Å². The van der Waals surface area contributed by atoms with E-state index in [1.165, 1.54) is 12.1 Å². The molecule has 0 fully saturated rings. The van der Waals surface area contributed by atoms with Crippen molar-refractivity contribution < 1.29 is 19.1 Å². The summed E-state index contributed by atoms with van der Waals surface area (Å²) < 4.78 is 5.35. The van der Waals surface area contributed by atoms with Gasteiger partial charge in [0, 0.05) is 6.42 Å². The lowest BCUT2D eigenvalue weighted by atomic mass is 10.2. The molecule has 0 aliphatic heterocycles. The highest BCUT2D eigenvalue weighted by Crippen LogP contribution is 2.13. The summed E-state index contributed by atoms with van der Waals surface area (Å²) in [5.41, 5.74) is 0. The maximum absolute atomic E-state index is 11.5. The lowest BCUT2D eigenvalue weighted by Gasteiger charge is -2.09. The second-order valence-electron chi connectivity index (χ2n) is 2.88. The second kappa shape index (κ2) is 5.37. The Kier molecular flexibility index (Phi) is 4.14. The minimum absolute atomic E-state index is 0.0233. The first-order valence-electron chi connectivity index (χ1n) is 4.27. The van der Waals surface area contributed by atoms with Crippen LogP contribution in [0.4, 0.5) is 0 Å². The third-order valence-corrected chi connectivity index (χ3v) is 2.15. The average Bonchev–Trinajstić information content (AvgIpc) is 2.64. The van der Waals surface area contributed by atoms with Crippen LogP contribution in [0.25, 0.3) is 0 Å². The van der Waals surface area contributed by atoms with E-state index in [9.17, 15) is 9.59 Å². The van der Waals surface area contributed by atoms with Crippen molar-refractivity contribution in [2.75, 3.05) is 0 Å². The summed E-state index contributed by atoms with van der Waals surface area (Å²) >= 11 is 3.03. The highest BCUT2D eigenvalue weighted by molar-refractivity contribution is 9.10. The molecule has 0 spiro atoms. The van der Waals surface area contributed by atoms with Crippen LogP contribution in [0.5, 0.6) is 0 Å². The quantitative estimate of drug-likeness (QED) is 0.816. The van der Waals surface area contributed by atoms with Gasteiger partial charge in [-0.25, -0.2) is 4.79 Å². The van der Waals surface area contributed by atoms with E-state index in [0.29, 0.717) is 4.67 Å². The standard InChI is InChI=1S/C10H8BrNO4/c1-2-3-6(10(14)15)12-9(13)7-4-5-8(11)16-7/h1,4-6H,3H2,(H,12,13)(H,14,15). The number of hydrogen-bond donors (Lipinski definition) is 2. The monoisotopic (exact) mass is 285 g/mol. The van der Waals surface area contributed by atoms with Gasteiger partial charge in [0.25, 0.3) is 5.91 Å². The number of amides is 1. The van der Waals surface area contributed by atoms with E-state index in [-0.39, 0.29) is 12.2 Å². The van der Waals surface area contributed by atoms with E-state index in [1.807, 2.05) is 0 Å². The van der Waals surface area contributed by atoms with Crippen molar-refractivity contribution in [1.82, 2.24) is 5.32 Å². The van der Waals surface area contributed by atoms with E-state index in [2.05, 4.69) is 27.2 Å². The molecule has 1 heterocycles. The van der Waals surface area contributed by atoms with Crippen molar-refractivity contribution >= 4 is 27.8 Å². The molecule has 0 bridgehead atoms. The molecule has 1 atom stereocenters. The van der Waals surface area contributed by atoms with Crippen LogP contribution in [0.3, 0.4) is 0 Å². The molecule has 6 heteroatoms. The fourth-order valence-corrected chi connectivity index (χ4v) is 1.29. The number of carboxylic acids is 1. The van der Waals surface area contributed by atoms with Crippen molar-refractivity contribution in [3.63, 3.8) is 0 Å². The summed E-state index contributed by atoms with van der Waals surface area (Å²) in [7, 11) is 0. The van der Waals surface area contributed by atoms with Crippen LogP contribution in [-0.4, -0.2) is 23.0 Å². The zero-order valence-corrected chi connectivity index (χ0v) is 9.65. The molecule has 1 rings (SSSR count). The van der Waals surface area contributed by atoms with Crippen molar-refractivity contribution in [2.24, 2.45) is 0 Å². The zero-order valence-electron chi connectivity index (χ0n) is 8.07. The Morgan fingerprint density at radius 1 is 1.62 bits per heavy atom. The molecular formula is C10H8BrNO4. The Hall–Kier alpha value is -1.74. The molecule has 5 nitrogen and oxygen atoms in total. The van der Waals surface area contributed by atoms with Crippen LogP contribution in [-0.2, 0) is 4.79 Å². The number of carbonyl (C=O) groups excluding carboxylic acids is 1. The Balaban J connectivity index is 2.69. The van der Waals surface area contributed by atoms with Gasteiger partial charge < -0.3 is 14.8 Å². The topological polar surface area (TPSA) is 79.5 Å². The molecule has 0 saturated heterocycles. The normalized spacial score (nSPS) is 11.5. The van der Waals surface area contributed by atoms with Crippen molar-refractivity contribution in [3.05, 3.63) is 22.6 Å². The molecule has 1 aromatic heterocycles. The largest absolute Gasteiger partial charge is 0.480 e. The van der Waals surface area contributed by atoms with E-state index >= 15 is 0 Å². The summed E-state index contributed by atoms with van der Waals surface area (Å²) in [4.78, 5) is 22.2. The third kappa shape index (κ3) is 3.14. The van der Waals surface area contributed by atoms with E-state index < -0.39 is 17.9 Å². The predicted molar refractivity (Wildman–Crippen MR) is 58.7 cm³/mol. The van der Waals surface area contributed by atoms with E-state index in [4.69, 9.17) is 15.9 Å². The molecule has 1 amide bonds. The number of carbonyl (C=O) groups is 2. The smallest absolute Gasteiger partial charge is 0.327 e. The van der Waals surface area contributed by atoms with Gasteiger partial charge >= 0.3 is 5.97 Å². The maximum Gasteiger partial charge on any atom is 0.327 e. The van der Waals surface area contributed by atoms with Gasteiger partial charge in [-0.2, -0.15) is 0 Å². The summed E-state index contributed by atoms with van der Waals surface area (Å²) in [5.74, 6) is 0.398. The average molecular weight is 286 g/mol. The highest BCUT2D eigenvalue weighted by Gasteiger charge is 2.21. The summed E-state index contributed by atoms with van der Waals surface area (Å²) in [6.45, 7) is 0. The molecular weight excluding hydrogens is 278 g/mol. The van der Waals surface area contributed by atoms with Crippen LogP contribution in [0.2, 0.25) is 0 Å². The maximum atomic E-state index is 11.5. The van der Waals surface area contributed by atoms with Crippen LogP contribution >= 0.6 is 15.9 Å². The molecule has 84 valence electrons. The number of furan rings is 1. The number of hydrogen-bond acceptors (Lipinski definition) is 3. The lowest BCUT2D eigenvalue weighted by Crippen LogP contribution is -2.40. The SMILES string of the molecule is C#CCC(NC(=O)c1ccc(Br)o1)C(=O)O. The molecule has 1 unspecified atom stereocenters. The Labute approximate surface area is 99.9 Å². The predicted octanol–water partition coefficient (Wildman–Crippen LogP) is 1.25. The lowest BCUT2D eigenvalue weighted by molar-refractivity contribution is -0.139. The number of carboxylic acid groups (broad SMARTS) is 1. The molecule has 0 aliphatic rings. The van der Waals surface area contributed by atoms with E-state index in [1.54, 1.807) is 0 Å². The Morgan fingerprint density at radius 3 is 2.75 bits per heavy atom. The molecule has 0 aromatic carbocycles. The van der Waals surface area contributed by atoms with Gasteiger partial charge in [-0.3, -0.25) is 4.79 Å². The van der Waals surface area contributed by atoms with Gasteiger partial charge in [0.15, 0.2) is 10.4 Å². The van der Waals surface area contributed by atoms with Gasteiger partial charge in [0.1, 0.15) is 6.04 Å². The zero-order chi connectivity index (χ0) is 12.1. The summed E-state index contributed by atoms with van der Waals surface area (Å²) in [6, 6.07) is 1.85. The number of terminal acetylenes is 1. The second-order valence-corrected chi connectivity index (χ2v) is 3.66. The first-order valence-corrected chi connectivity index (χ1v) is 5.06. The number of nitrogens with one attached hydrogen (secondary N) is 1.